The van der Waals surface area contributed by atoms with E-state index in [-0.39, 0.29) is 22.6 Å². The number of nitrogens with zero attached hydrogens (tertiary/aromatic N) is 1. The second-order valence-corrected chi connectivity index (χ2v) is 7.00. The van der Waals surface area contributed by atoms with E-state index in [0.29, 0.717) is 6.54 Å². The Morgan fingerprint density at radius 1 is 1.08 bits per heavy atom. The van der Waals surface area contributed by atoms with Gasteiger partial charge >= 0.3 is 0 Å². The number of H-pyrrole nitrogens is 1. The van der Waals surface area contributed by atoms with Crippen molar-refractivity contribution >= 4 is 33.8 Å². The fourth-order valence-electron chi connectivity index (χ4n) is 3.02. The third kappa shape index (κ3) is 3.13. The zero-order valence-electron chi connectivity index (χ0n) is 13.4. The average molecular weight is 352 g/mol. The number of aromatic amines is 1. The summed E-state index contributed by atoms with van der Waals surface area (Å²) in [7, 11) is 0. The maximum absolute atomic E-state index is 11.8. The van der Waals surface area contributed by atoms with E-state index < -0.39 is 0 Å². The first-order valence-corrected chi connectivity index (χ1v) is 8.92. The zero-order valence-corrected chi connectivity index (χ0v) is 14.2. The van der Waals surface area contributed by atoms with Crippen LogP contribution in [0.2, 0.25) is 0 Å². The summed E-state index contributed by atoms with van der Waals surface area (Å²) in [6, 6.07) is 13.3. The first-order chi connectivity index (χ1) is 12.1. The molecular formula is C19H16N2O3S. The fourth-order valence-corrected chi connectivity index (χ4v) is 3.75. The first-order valence-electron chi connectivity index (χ1n) is 7.94. The molecule has 1 aromatic heterocycles. The maximum Gasteiger partial charge on any atom is 0.289 e. The second kappa shape index (κ2) is 6.29. The number of nitrogens with one attached hydrogen (secondary N) is 1. The molecule has 4 rings (SSSR count). The summed E-state index contributed by atoms with van der Waals surface area (Å²) in [4.78, 5) is 28.2. The van der Waals surface area contributed by atoms with E-state index >= 15 is 0 Å². The lowest BCUT2D eigenvalue weighted by Crippen LogP contribution is -2.27. The molecule has 0 spiro atoms. The van der Waals surface area contributed by atoms with E-state index in [2.05, 4.69) is 17.1 Å². The number of aromatic nitrogens is 1. The van der Waals surface area contributed by atoms with Gasteiger partial charge in [0.05, 0.1) is 12.3 Å². The van der Waals surface area contributed by atoms with Crippen molar-refractivity contribution in [3.63, 3.8) is 0 Å². The summed E-state index contributed by atoms with van der Waals surface area (Å²) in [5.74, 6) is 0.349. The molecule has 2 N–H and O–H groups in total. The largest absolute Gasteiger partial charge is 0.508 e. The number of imide groups is 1. The number of hydrogen-bond acceptors (Lipinski definition) is 4. The monoisotopic (exact) mass is 352 g/mol. The molecule has 2 aromatic carbocycles. The molecular weight excluding hydrogens is 336 g/mol. The smallest absolute Gasteiger partial charge is 0.289 e. The minimum Gasteiger partial charge on any atom is -0.508 e. The summed E-state index contributed by atoms with van der Waals surface area (Å²) < 4.78 is 0. The average Bonchev–Trinajstić information content (AvgIpc) is 3.15. The number of phenols is 1. The highest BCUT2D eigenvalue weighted by molar-refractivity contribution is 8.14. The van der Waals surface area contributed by atoms with Crippen LogP contribution in [0, 0.1) is 0 Å². The van der Waals surface area contributed by atoms with E-state index in [1.165, 1.54) is 4.90 Å². The number of rotatable bonds is 4. The zero-order chi connectivity index (χ0) is 17.4. The van der Waals surface area contributed by atoms with Crippen LogP contribution in [-0.4, -0.2) is 31.9 Å². The normalized spacial score (nSPS) is 14.6. The lowest BCUT2D eigenvalue weighted by Gasteiger charge is -2.12. The van der Waals surface area contributed by atoms with E-state index in [4.69, 9.17) is 0 Å². The number of carbonyl (C=O) groups excluding carboxylic acids is 2. The molecule has 0 unspecified atom stereocenters. The van der Waals surface area contributed by atoms with Gasteiger partial charge in [-0.15, -0.1) is 0 Å². The van der Waals surface area contributed by atoms with Crippen molar-refractivity contribution in [3.05, 3.63) is 65.4 Å². The van der Waals surface area contributed by atoms with Crippen LogP contribution in [-0.2, 0) is 17.8 Å². The highest BCUT2D eigenvalue weighted by atomic mass is 32.2. The van der Waals surface area contributed by atoms with E-state index in [0.717, 1.165) is 45.8 Å². The Morgan fingerprint density at radius 3 is 2.56 bits per heavy atom. The number of hydrogen-bond donors (Lipinski definition) is 2. The molecule has 6 heteroatoms. The second-order valence-electron chi connectivity index (χ2n) is 6.07. The van der Waals surface area contributed by atoms with Gasteiger partial charge in [-0.2, -0.15) is 0 Å². The lowest BCUT2D eigenvalue weighted by molar-refractivity contribution is -0.124. The van der Waals surface area contributed by atoms with Crippen molar-refractivity contribution in [2.75, 3.05) is 5.75 Å². The highest BCUT2D eigenvalue weighted by Gasteiger charge is 2.30. The first kappa shape index (κ1) is 15.8. The minimum absolute atomic E-state index is 0.135. The topological polar surface area (TPSA) is 73.4 Å². The Labute approximate surface area is 148 Å². The number of phenolic OH excluding ortho intramolecular Hbond substituents is 1. The van der Waals surface area contributed by atoms with Gasteiger partial charge in [-0.25, -0.2) is 0 Å². The number of benzene rings is 2. The van der Waals surface area contributed by atoms with Gasteiger partial charge in [-0.05, 0) is 47.4 Å². The summed E-state index contributed by atoms with van der Waals surface area (Å²) in [5.41, 5.74) is 4.16. The molecule has 0 aliphatic carbocycles. The van der Waals surface area contributed by atoms with Crippen molar-refractivity contribution in [1.82, 2.24) is 9.88 Å². The Morgan fingerprint density at radius 2 is 1.84 bits per heavy atom. The van der Waals surface area contributed by atoms with Gasteiger partial charge in [0.15, 0.2) is 0 Å². The van der Waals surface area contributed by atoms with Gasteiger partial charge < -0.3 is 10.1 Å². The summed E-state index contributed by atoms with van der Waals surface area (Å²) in [6.45, 7) is 0.299. The molecule has 1 fully saturated rings. The van der Waals surface area contributed by atoms with Crippen LogP contribution in [0.3, 0.4) is 0 Å². The number of thioether (sulfide) groups is 1. The van der Waals surface area contributed by atoms with Gasteiger partial charge in [0, 0.05) is 17.1 Å². The van der Waals surface area contributed by atoms with Crippen molar-refractivity contribution in [1.29, 1.82) is 0 Å². The SMILES string of the molecule is O=C1CSC(=O)N1Cc1c[nH]c2ccc(Cc3ccc(O)cc3)cc12. The quantitative estimate of drug-likeness (QED) is 0.751. The number of carbonyl (C=O) groups is 2. The van der Waals surface area contributed by atoms with Crippen LogP contribution in [0.1, 0.15) is 16.7 Å². The van der Waals surface area contributed by atoms with Gasteiger partial charge in [-0.1, -0.05) is 30.0 Å². The molecule has 25 heavy (non-hydrogen) atoms. The van der Waals surface area contributed by atoms with E-state index in [1.807, 2.05) is 24.4 Å². The predicted molar refractivity (Wildman–Crippen MR) is 97.6 cm³/mol. The molecule has 3 aromatic rings. The third-order valence-electron chi connectivity index (χ3n) is 4.35. The molecule has 0 atom stereocenters. The number of amides is 2. The summed E-state index contributed by atoms with van der Waals surface area (Å²) >= 11 is 1.05. The molecule has 0 saturated carbocycles. The van der Waals surface area contributed by atoms with Crippen molar-refractivity contribution in [2.24, 2.45) is 0 Å². The Bertz CT molecular complexity index is 946. The van der Waals surface area contributed by atoms with Crippen LogP contribution in [0.15, 0.2) is 48.7 Å². The summed E-state index contributed by atoms with van der Waals surface area (Å²) in [5, 5.41) is 10.2. The summed E-state index contributed by atoms with van der Waals surface area (Å²) in [6.07, 6.45) is 2.61. The number of aromatic hydroxyl groups is 1. The van der Waals surface area contributed by atoms with Gasteiger partial charge in [-0.3, -0.25) is 14.5 Å². The molecule has 5 nitrogen and oxygen atoms in total. The minimum atomic E-state index is -0.181. The van der Waals surface area contributed by atoms with Crippen molar-refractivity contribution in [3.8, 4) is 5.75 Å². The third-order valence-corrected chi connectivity index (χ3v) is 5.20. The predicted octanol–water partition coefficient (Wildman–Crippen LogP) is 3.66. The standard InChI is InChI=1S/C19H16N2O3S/c22-15-4-1-12(2-5-15)7-13-3-6-17-16(8-13)14(9-20-17)10-21-18(23)11-25-19(21)24/h1-6,8-9,20,22H,7,10-11H2. The van der Waals surface area contributed by atoms with Crippen molar-refractivity contribution < 1.29 is 14.7 Å². The molecule has 126 valence electrons. The lowest BCUT2D eigenvalue weighted by atomic mass is 10.0. The van der Waals surface area contributed by atoms with Crippen molar-refractivity contribution in [2.45, 2.75) is 13.0 Å². The van der Waals surface area contributed by atoms with Gasteiger partial charge in [0.1, 0.15) is 5.75 Å². The van der Waals surface area contributed by atoms with Crippen LogP contribution in [0.4, 0.5) is 4.79 Å². The molecule has 2 heterocycles. The molecule has 2 amide bonds. The molecule has 0 bridgehead atoms. The Kier molecular flexibility index (Phi) is 3.97. The molecule has 1 aliphatic heterocycles. The molecule has 1 aliphatic rings. The fraction of sp³-hybridized carbons (Fsp3) is 0.158. The Hall–Kier alpha value is -2.73. The Balaban J connectivity index is 1.62. The molecule has 0 radical (unpaired) electrons. The maximum atomic E-state index is 11.8. The van der Waals surface area contributed by atoms with Crippen LogP contribution in [0.5, 0.6) is 5.75 Å². The number of fused-ring (bicyclic) bond motifs is 1. The van der Waals surface area contributed by atoms with Crippen LogP contribution in [0.25, 0.3) is 10.9 Å². The molecule has 1 saturated heterocycles. The van der Waals surface area contributed by atoms with Crippen LogP contribution >= 0.6 is 11.8 Å². The highest BCUT2D eigenvalue weighted by Crippen LogP contribution is 2.26. The van der Waals surface area contributed by atoms with Crippen LogP contribution < -0.4 is 0 Å². The van der Waals surface area contributed by atoms with E-state index in [1.54, 1.807) is 12.1 Å². The van der Waals surface area contributed by atoms with Gasteiger partial charge in [0.2, 0.25) is 5.91 Å². The van der Waals surface area contributed by atoms with E-state index in [9.17, 15) is 14.7 Å². The van der Waals surface area contributed by atoms with Gasteiger partial charge in [0.25, 0.3) is 5.24 Å².